The summed E-state index contributed by atoms with van der Waals surface area (Å²) in [6.45, 7) is 4.62. The highest BCUT2D eigenvalue weighted by Crippen LogP contribution is 2.34. The molecule has 3 aliphatic heterocycles. The van der Waals surface area contributed by atoms with Gasteiger partial charge in [-0.05, 0) is 48.9 Å². The smallest absolute Gasteiger partial charge is 0.259 e. The molecule has 0 unspecified atom stereocenters. The Morgan fingerprint density at radius 1 is 0.951 bits per heavy atom. The summed E-state index contributed by atoms with van der Waals surface area (Å²) >= 11 is 1.18. The van der Waals surface area contributed by atoms with Crippen molar-refractivity contribution < 1.29 is 14.4 Å². The molecule has 3 aliphatic rings. The van der Waals surface area contributed by atoms with Crippen molar-refractivity contribution in [3.8, 4) is 0 Å². The molecule has 0 aromatic heterocycles. The first-order chi connectivity index (χ1) is 20.0. The van der Waals surface area contributed by atoms with Gasteiger partial charge in [-0.2, -0.15) is 0 Å². The Balaban J connectivity index is 1.13. The molecule has 3 heterocycles. The van der Waals surface area contributed by atoms with Gasteiger partial charge in [0.1, 0.15) is 11.9 Å². The number of carbonyl (C=O) groups excluding carboxylic acids is 3. The summed E-state index contributed by atoms with van der Waals surface area (Å²) in [6.07, 6.45) is -0.00186. The van der Waals surface area contributed by atoms with Crippen LogP contribution in [0.2, 0.25) is 0 Å². The third-order valence-corrected chi connectivity index (χ3v) is 8.24. The van der Waals surface area contributed by atoms with Gasteiger partial charge >= 0.3 is 0 Å². The summed E-state index contributed by atoms with van der Waals surface area (Å²) in [5, 5.41) is 3.28. The zero-order valence-corrected chi connectivity index (χ0v) is 23.5. The quantitative estimate of drug-likeness (QED) is 0.485. The average molecular weight is 567 g/mol. The van der Waals surface area contributed by atoms with E-state index >= 15 is 0 Å². The van der Waals surface area contributed by atoms with E-state index in [0.29, 0.717) is 35.5 Å². The van der Waals surface area contributed by atoms with E-state index in [4.69, 9.17) is 9.98 Å². The van der Waals surface area contributed by atoms with Gasteiger partial charge < -0.3 is 15.1 Å². The molecule has 3 aromatic carbocycles. The Labute approximate surface area is 243 Å². The summed E-state index contributed by atoms with van der Waals surface area (Å²) in [4.78, 5) is 54.6. The van der Waals surface area contributed by atoms with Crippen LogP contribution < -0.4 is 10.2 Å². The van der Waals surface area contributed by atoms with E-state index in [1.165, 1.54) is 16.7 Å². The van der Waals surface area contributed by atoms with E-state index in [1.807, 2.05) is 78.6 Å². The maximum Gasteiger partial charge on any atom is 0.259 e. The highest BCUT2D eigenvalue weighted by atomic mass is 32.2. The summed E-state index contributed by atoms with van der Waals surface area (Å²) in [7, 11) is 0. The number of carbonyl (C=O) groups is 3. The Kier molecular flexibility index (Phi) is 7.56. The topological polar surface area (TPSA) is 97.7 Å². The van der Waals surface area contributed by atoms with E-state index in [2.05, 4.69) is 22.3 Å². The van der Waals surface area contributed by atoms with Gasteiger partial charge in [0.15, 0.2) is 5.17 Å². The molecule has 3 aromatic rings. The fraction of sp³-hybridized carbons (Fsp3) is 0.258. The number of amides is 3. The molecular weight excluding hydrogens is 536 g/mol. The fourth-order valence-corrected chi connectivity index (χ4v) is 6.03. The Morgan fingerprint density at radius 3 is 2.49 bits per heavy atom. The molecule has 0 radical (unpaired) electrons. The molecule has 1 fully saturated rings. The minimum Gasteiger partial charge on any atom is -0.368 e. The zero-order chi connectivity index (χ0) is 28.3. The number of anilines is 2. The van der Waals surface area contributed by atoms with Gasteiger partial charge in [0, 0.05) is 43.1 Å². The largest absolute Gasteiger partial charge is 0.368 e. The number of fused-ring (bicyclic) bond motifs is 3. The van der Waals surface area contributed by atoms with Crippen LogP contribution in [0.5, 0.6) is 0 Å². The number of nitrogens with zero attached hydrogens (tertiary/aromatic N) is 5. The number of thioether (sulfide) groups is 1. The minimum atomic E-state index is -0.831. The van der Waals surface area contributed by atoms with Crippen molar-refractivity contribution in [2.24, 2.45) is 9.98 Å². The third-order valence-electron chi connectivity index (χ3n) is 7.30. The molecule has 0 saturated carbocycles. The van der Waals surface area contributed by atoms with Gasteiger partial charge in [-0.1, -0.05) is 54.2 Å². The van der Waals surface area contributed by atoms with E-state index in [9.17, 15) is 14.4 Å². The van der Waals surface area contributed by atoms with Gasteiger partial charge in [0.25, 0.3) is 5.91 Å². The monoisotopic (exact) mass is 566 g/mol. The molecule has 41 heavy (non-hydrogen) atoms. The van der Waals surface area contributed by atoms with Crippen molar-refractivity contribution in [1.29, 1.82) is 0 Å². The van der Waals surface area contributed by atoms with Gasteiger partial charge in [0.2, 0.25) is 11.8 Å². The number of piperazine rings is 1. The number of nitrogens with one attached hydrogen (secondary N) is 1. The van der Waals surface area contributed by atoms with Crippen LogP contribution in [0.15, 0.2) is 88.8 Å². The fourth-order valence-electron chi connectivity index (χ4n) is 5.23. The van der Waals surface area contributed by atoms with Crippen LogP contribution in [0.3, 0.4) is 0 Å². The molecule has 1 N–H and O–H groups in total. The lowest BCUT2D eigenvalue weighted by Gasteiger charge is -2.36. The SMILES string of the molecule is Cc1cccc(NC(=O)CSC2=Nc3ccccc3C3=N[C@@H](CC(=O)N4CCN(c5ccccc5)CC4)C(=O)N23)c1. The van der Waals surface area contributed by atoms with Crippen molar-refractivity contribution in [3.05, 3.63) is 90.0 Å². The van der Waals surface area contributed by atoms with E-state index in [-0.39, 0.29) is 29.9 Å². The second kappa shape index (κ2) is 11.6. The van der Waals surface area contributed by atoms with E-state index < -0.39 is 6.04 Å². The first-order valence-electron chi connectivity index (χ1n) is 13.6. The molecule has 1 saturated heterocycles. The number of hydrogen-bond donors (Lipinski definition) is 1. The molecule has 208 valence electrons. The number of rotatable bonds is 6. The highest BCUT2D eigenvalue weighted by Gasteiger charge is 2.42. The van der Waals surface area contributed by atoms with Crippen molar-refractivity contribution in [2.45, 2.75) is 19.4 Å². The number of hydrogen-bond acceptors (Lipinski definition) is 7. The Hall–Kier alpha value is -4.44. The second-order valence-electron chi connectivity index (χ2n) is 10.2. The molecule has 9 nitrogen and oxygen atoms in total. The lowest BCUT2D eigenvalue weighted by Crippen LogP contribution is -2.49. The lowest BCUT2D eigenvalue weighted by molar-refractivity contribution is -0.135. The molecule has 0 aliphatic carbocycles. The van der Waals surface area contributed by atoms with E-state index in [0.717, 1.165) is 29.9 Å². The summed E-state index contributed by atoms with van der Waals surface area (Å²) < 4.78 is 0. The van der Waals surface area contributed by atoms with Gasteiger partial charge in [-0.3, -0.25) is 19.4 Å². The standard InChI is InChI=1S/C31H30N6O3S/c1-21-8-7-9-22(18-21)32-27(38)20-41-31-34-25-13-6-5-12-24(25)29-33-26(30(40)37(29)31)19-28(39)36-16-14-35(15-17-36)23-10-3-2-4-11-23/h2-13,18,26H,14-17,19-20H2,1H3,(H,32,38)/t26-/m0/s1. The number of aliphatic imine (C=N–C) groups is 2. The summed E-state index contributed by atoms with van der Waals surface area (Å²) in [5.41, 5.74) is 4.33. The maximum absolute atomic E-state index is 13.6. The first kappa shape index (κ1) is 26.8. The normalized spacial score (nSPS) is 17.9. The highest BCUT2D eigenvalue weighted by molar-refractivity contribution is 8.14. The van der Waals surface area contributed by atoms with Crippen molar-refractivity contribution in [1.82, 2.24) is 9.80 Å². The lowest BCUT2D eigenvalue weighted by atomic mass is 10.1. The molecule has 0 spiro atoms. The molecule has 1 atom stereocenters. The van der Waals surface area contributed by atoms with Gasteiger partial charge in [-0.15, -0.1) is 0 Å². The zero-order valence-electron chi connectivity index (χ0n) is 22.7. The van der Waals surface area contributed by atoms with Crippen LogP contribution in [-0.4, -0.2) is 76.5 Å². The third kappa shape index (κ3) is 5.74. The minimum absolute atomic E-state index is 0.00186. The van der Waals surface area contributed by atoms with Crippen LogP contribution >= 0.6 is 11.8 Å². The van der Waals surface area contributed by atoms with Crippen LogP contribution in [0.4, 0.5) is 17.1 Å². The number of aryl methyl sites for hydroxylation is 1. The van der Waals surface area contributed by atoms with Gasteiger partial charge in [-0.25, -0.2) is 9.89 Å². The van der Waals surface area contributed by atoms with Crippen LogP contribution in [0.1, 0.15) is 17.5 Å². The van der Waals surface area contributed by atoms with E-state index in [1.54, 1.807) is 0 Å². The Morgan fingerprint density at radius 2 is 1.71 bits per heavy atom. The number of benzene rings is 3. The van der Waals surface area contributed by atoms with Crippen molar-refractivity contribution in [3.63, 3.8) is 0 Å². The summed E-state index contributed by atoms with van der Waals surface area (Å²) in [5.74, 6) is -0.0303. The van der Waals surface area contributed by atoms with Crippen molar-refractivity contribution >= 4 is 57.5 Å². The molecule has 10 heteroatoms. The van der Waals surface area contributed by atoms with Crippen molar-refractivity contribution in [2.75, 3.05) is 42.1 Å². The van der Waals surface area contributed by atoms with Crippen LogP contribution in [-0.2, 0) is 14.4 Å². The number of para-hydroxylation sites is 2. The number of amidine groups is 2. The molecular formula is C31H30N6O3S. The van der Waals surface area contributed by atoms with Gasteiger partial charge in [0.05, 0.1) is 17.9 Å². The summed E-state index contributed by atoms with van der Waals surface area (Å²) in [6, 6.07) is 24.4. The molecule has 6 rings (SSSR count). The van der Waals surface area contributed by atoms with Crippen LogP contribution in [0, 0.1) is 6.92 Å². The molecule has 0 bridgehead atoms. The van der Waals surface area contributed by atoms with Crippen LogP contribution in [0.25, 0.3) is 0 Å². The predicted octanol–water partition coefficient (Wildman–Crippen LogP) is 4.06. The average Bonchev–Trinajstić information content (AvgIpc) is 3.32. The molecule has 3 amide bonds. The second-order valence-corrected chi connectivity index (χ2v) is 11.1. The Bertz CT molecular complexity index is 1550. The first-order valence-corrected chi connectivity index (χ1v) is 14.6. The maximum atomic E-state index is 13.6. The predicted molar refractivity (Wildman–Crippen MR) is 163 cm³/mol.